The number of sulfonamides is 1. The molecule has 1 aromatic rings. The van der Waals surface area contributed by atoms with Crippen LogP contribution in [0, 0.1) is 5.92 Å². The number of likely N-dealkylation sites (tertiary alicyclic amines) is 1. The van der Waals surface area contributed by atoms with Crippen molar-refractivity contribution in [3.05, 3.63) is 23.8 Å². The molecule has 0 atom stereocenters. The summed E-state index contributed by atoms with van der Waals surface area (Å²) in [5, 5.41) is 0. The zero-order chi connectivity index (χ0) is 22.0. The first-order valence-corrected chi connectivity index (χ1v) is 13.0. The van der Waals surface area contributed by atoms with Gasteiger partial charge in [0.25, 0.3) is 0 Å². The van der Waals surface area contributed by atoms with E-state index in [-0.39, 0.29) is 18.4 Å². The monoisotopic (exact) mass is 447 g/mol. The van der Waals surface area contributed by atoms with Crippen molar-refractivity contribution in [3.8, 4) is 0 Å². The summed E-state index contributed by atoms with van der Waals surface area (Å²) in [6.45, 7) is 4.83. The third-order valence-corrected chi connectivity index (χ3v) is 8.76. The Hall–Kier alpha value is -1.93. The second-order valence-corrected chi connectivity index (χ2v) is 11.1. The quantitative estimate of drug-likeness (QED) is 0.711. The van der Waals surface area contributed by atoms with Crippen LogP contribution in [0.4, 0.5) is 5.69 Å². The lowest BCUT2D eigenvalue weighted by atomic mass is 9.99. The fourth-order valence-electron chi connectivity index (χ4n) is 4.81. The lowest BCUT2D eigenvalue weighted by Crippen LogP contribution is -2.45. The fourth-order valence-corrected chi connectivity index (χ4v) is 6.37. The van der Waals surface area contributed by atoms with E-state index >= 15 is 0 Å². The highest BCUT2D eigenvalue weighted by atomic mass is 32.2. The van der Waals surface area contributed by atoms with E-state index in [1.807, 2.05) is 4.90 Å². The van der Waals surface area contributed by atoms with Crippen LogP contribution in [0.1, 0.15) is 57.4 Å². The molecule has 0 saturated carbocycles. The standard InChI is InChI=1S/C23H33N3O4S/c1-18-10-14-24(15-11-18)23(28)17-26-21-9-8-20(16-19(21)6-5-7-22(26)27)31(29,30)25-12-3-2-4-13-25/h8-9,16,18H,2-7,10-15,17H2,1H3. The molecule has 0 radical (unpaired) electrons. The van der Waals surface area contributed by atoms with Crippen molar-refractivity contribution < 1.29 is 18.0 Å². The lowest BCUT2D eigenvalue weighted by molar-refractivity contribution is -0.132. The van der Waals surface area contributed by atoms with Crippen LogP contribution in [0.25, 0.3) is 0 Å². The van der Waals surface area contributed by atoms with Gasteiger partial charge in [0, 0.05) is 38.3 Å². The molecule has 0 spiro atoms. The summed E-state index contributed by atoms with van der Waals surface area (Å²) < 4.78 is 27.8. The number of benzene rings is 1. The predicted molar refractivity (Wildman–Crippen MR) is 119 cm³/mol. The normalized spacial score (nSPS) is 21.6. The highest BCUT2D eigenvalue weighted by Gasteiger charge is 2.30. The van der Waals surface area contributed by atoms with E-state index in [1.165, 1.54) is 0 Å². The van der Waals surface area contributed by atoms with Crippen LogP contribution in [0.5, 0.6) is 0 Å². The molecule has 2 saturated heterocycles. The number of carbonyl (C=O) groups excluding carboxylic acids is 2. The van der Waals surface area contributed by atoms with Gasteiger partial charge in [-0.25, -0.2) is 8.42 Å². The summed E-state index contributed by atoms with van der Waals surface area (Å²) in [4.78, 5) is 29.4. The van der Waals surface area contributed by atoms with Gasteiger partial charge in [-0.05, 0) is 68.2 Å². The number of fused-ring (bicyclic) bond motifs is 1. The average Bonchev–Trinajstić information content (AvgIpc) is 2.93. The van der Waals surface area contributed by atoms with Gasteiger partial charge in [-0.3, -0.25) is 9.59 Å². The third kappa shape index (κ3) is 4.80. The smallest absolute Gasteiger partial charge is 0.243 e. The molecule has 0 unspecified atom stereocenters. The Bertz CT molecular complexity index is 932. The average molecular weight is 448 g/mol. The first-order chi connectivity index (χ1) is 14.9. The van der Waals surface area contributed by atoms with E-state index < -0.39 is 10.0 Å². The van der Waals surface area contributed by atoms with Crippen LogP contribution in [-0.2, 0) is 26.0 Å². The first kappa shape index (κ1) is 22.3. The maximum Gasteiger partial charge on any atom is 0.243 e. The van der Waals surface area contributed by atoms with Crippen molar-refractivity contribution in [2.24, 2.45) is 5.92 Å². The minimum Gasteiger partial charge on any atom is -0.341 e. The number of aryl methyl sites for hydroxylation is 1. The summed E-state index contributed by atoms with van der Waals surface area (Å²) in [5.41, 5.74) is 1.52. The van der Waals surface area contributed by atoms with Gasteiger partial charge in [0.05, 0.1) is 4.90 Å². The molecule has 8 heteroatoms. The summed E-state index contributed by atoms with van der Waals surface area (Å²) in [5.74, 6) is 0.534. The van der Waals surface area contributed by atoms with Gasteiger partial charge in [-0.1, -0.05) is 13.3 Å². The van der Waals surface area contributed by atoms with E-state index in [0.29, 0.717) is 48.9 Å². The van der Waals surface area contributed by atoms with E-state index in [2.05, 4.69) is 6.92 Å². The Balaban J connectivity index is 1.57. The first-order valence-electron chi connectivity index (χ1n) is 11.6. The van der Waals surface area contributed by atoms with E-state index in [1.54, 1.807) is 27.4 Å². The molecular formula is C23H33N3O4S. The van der Waals surface area contributed by atoms with Crippen molar-refractivity contribution in [2.45, 2.75) is 63.2 Å². The number of amides is 2. The van der Waals surface area contributed by atoms with Gasteiger partial charge in [0.2, 0.25) is 21.8 Å². The number of hydrogen-bond donors (Lipinski definition) is 0. The summed E-state index contributed by atoms with van der Waals surface area (Å²) >= 11 is 0. The molecule has 4 rings (SSSR count). The van der Waals surface area contributed by atoms with Crippen molar-refractivity contribution in [1.29, 1.82) is 0 Å². The zero-order valence-electron chi connectivity index (χ0n) is 18.4. The molecule has 1 aromatic carbocycles. The minimum absolute atomic E-state index is 0.0262. The minimum atomic E-state index is -3.53. The lowest BCUT2D eigenvalue weighted by Gasteiger charge is -2.32. The number of hydrogen-bond acceptors (Lipinski definition) is 4. The van der Waals surface area contributed by atoms with Crippen LogP contribution in [0.3, 0.4) is 0 Å². The van der Waals surface area contributed by atoms with Gasteiger partial charge in [-0.15, -0.1) is 0 Å². The molecule has 3 heterocycles. The molecule has 7 nitrogen and oxygen atoms in total. The molecule has 3 aliphatic rings. The second-order valence-electron chi connectivity index (χ2n) is 9.15. The molecule has 0 aliphatic carbocycles. The Kier molecular flexibility index (Phi) is 6.67. The van der Waals surface area contributed by atoms with Gasteiger partial charge in [-0.2, -0.15) is 4.31 Å². The maximum atomic E-state index is 13.1. The Morgan fingerprint density at radius 1 is 1.00 bits per heavy atom. The van der Waals surface area contributed by atoms with Gasteiger partial charge >= 0.3 is 0 Å². The Morgan fingerprint density at radius 3 is 2.42 bits per heavy atom. The number of piperidine rings is 2. The topological polar surface area (TPSA) is 78.0 Å². The second kappa shape index (κ2) is 9.28. The fraction of sp³-hybridized carbons (Fsp3) is 0.652. The van der Waals surface area contributed by atoms with E-state index in [4.69, 9.17) is 0 Å². The SMILES string of the molecule is CC1CCN(C(=O)CN2C(=O)CCCc3cc(S(=O)(=O)N4CCCCC4)ccc32)CC1. The molecule has 31 heavy (non-hydrogen) atoms. The molecule has 0 aromatic heterocycles. The molecule has 3 aliphatic heterocycles. The molecular weight excluding hydrogens is 414 g/mol. The highest BCUT2D eigenvalue weighted by Crippen LogP contribution is 2.31. The molecule has 170 valence electrons. The number of nitrogens with zero attached hydrogens (tertiary/aromatic N) is 3. The van der Waals surface area contributed by atoms with Crippen molar-refractivity contribution in [1.82, 2.24) is 9.21 Å². The van der Waals surface area contributed by atoms with Gasteiger partial charge < -0.3 is 9.80 Å². The molecule has 0 bridgehead atoms. The highest BCUT2D eigenvalue weighted by molar-refractivity contribution is 7.89. The number of rotatable bonds is 4. The van der Waals surface area contributed by atoms with Crippen LogP contribution in [0.15, 0.2) is 23.1 Å². The third-order valence-electron chi connectivity index (χ3n) is 6.86. The summed E-state index contributed by atoms with van der Waals surface area (Å²) in [6.07, 6.45) is 6.50. The summed E-state index contributed by atoms with van der Waals surface area (Å²) in [6, 6.07) is 5.04. The molecule has 0 N–H and O–H groups in total. The maximum absolute atomic E-state index is 13.1. The van der Waals surface area contributed by atoms with Gasteiger partial charge in [0.1, 0.15) is 6.54 Å². The van der Waals surface area contributed by atoms with Crippen LogP contribution >= 0.6 is 0 Å². The van der Waals surface area contributed by atoms with Crippen molar-refractivity contribution in [3.63, 3.8) is 0 Å². The van der Waals surface area contributed by atoms with E-state index in [9.17, 15) is 18.0 Å². The molecule has 2 fully saturated rings. The van der Waals surface area contributed by atoms with Gasteiger partial charge in [0.15, 0.2) is 0 Å². The van der Waals surface area contributed by atoms with Crippen molar-refractivity contribution in [2.75, 3.05) is 37.6 Å². The van der Waals surface area contributed by atoms with Crippen LogP contribution in [0.2, 0.25) is 0 Å². The molecule has 2 amide bonds. The van der Waals surface area contributed by atoms with Crippen LogP contribution in [-0.4, -0.2) is 62.2 Å². The predicted octanol–water partition coefficient (Wildman–Crippen LogP) is 2.79. The van der Waals surface area contributed by atoms with Crippen LogP contribution < -0.4 is 4.90 Å². The Labute approximate surface area is 185 Å². The number of carbonyl (C=O) groups is 2. The Morgan fingerprint density at radius 2 is 1.71 bits per heavy atom. The van der Waals surface area contributed by atoms with Crippen molar-refractivity contribution >= 4 is 27.5 Å². The largest absolute Gasteiger partial charge is 0.341 e. The number of anilines is 1. The zero-order valence-corrected chi connectivity index (χ0v) is 19.2. The summed E-state index contributed by atoms with van der Waals surface area (Å²) in [7, 11) is -3.53. The van der Waals surface area contributed by atoms with E-state index in [0.717, 1.165) is 50.8 Å².